The highest BCUT2D eigenvalue weighted by Crippen LogP contribution is 2.29. The molecule has 1 heterocycles. The molecule has 0 aromatic carbocycles. The predicted octanol–water partition coefficient (Wildman–Crippen LogP) is 1.59. The lowest BCUT2D eigenvalue weighted by Crippen LogP contribution is -2.03. The maximum Gasteiger partial charge on any atom is 0.331 e. The topological polar surface area (TPSA) is 37.3 Å². The predicted molar refractivity (Wildman–Crippen MR) is 42.7 cm³/mol. The summed E-state index contributed by atoms with van der Waals surface area (Å²) in [6, 6.07) is 0. The van der Waals surface area contributed by atoms with E-state index in [2.05, 4.69) is 0 Å². The molecule has 54 valence electrons. The van der Waals surface area contributed by atoms with Gasteiger partial charge >= 0.3 is 5.97 Å². The average molecular weight is 156 g/mol. The smallest absolute Gasteiger partial charge is 0.331 e. The summed E-state index contributed by atoms with van der Waals surface area (Å²) in [5.41, 5.74) is 0.531. The molecule has 0 aliphatic carbocycles. The molecule has 0 saturated carbocycles. The fourth-order valence-electron chi connectivity index (χ4n) is 0.725. The van der Waals surface area contributed by atoms with Gasteiger partial charge < -0.3 is 5.11 Å². The summed E-state index contributed by atoms with van der Waals surface area (Å²) in [5, 5.41) is 9.81. The van der Waals surface area contributed by atoms with Gasteiger partial charge in [0.1, 0.15) is 0 Å². The van der Waals surface area contributed by atoms with Gasteiger partial charge in [-0.2, -0.15) is 0 Å². The van der Waals surface area contributed by atoms with Crippen molar-refractivity contribution in [3.63, 3.8) is 0 Å². The number of hydrogen-bond acceptors (Lipinski definition) is 1. The molecule has 0 aromatic rings. The van der Waals surface area contributed by atoms with Crippen molar-refractivity contribution in [3.05, 3.63) is 23.0 Å². The molecule has 0 fully saturated rings. The average Bonchev–Trinajstić information content (AvgIpc) is 1.88. The molecule has 1 unspecified atom stereocenters. The summed E-state index contributed by atoms with van der Waals surface area (Å²) in [7, 11) is 0.661. The Bertz CT molecular complexity index is 216. The van der Waals surface area contributed by atoms with E-state index in [1.54, 1.807) is 6.08 Å². The molecule has 0 bridgehead atoms. The minimum absolute atomic E-state index is 0.531. The number of carboxylic acids is 1. The summed E-state index contributed by atoms with van der Waals surface area (Å²) >= 11 is 0. The van der Waals surface area contributed by atoms with Crippen LogP contribution >= 0.6 is 8.58 Å². The van der Waals surface area contributed by atoms with E-state index in [4.69, 9.17) is 5.11 Å². The largest absolute Gasteiger partial charge is 0.478 e. The molecule has 1 rings (SSSR count). The molecule has 1 aliphatic rings. The van der Waals surface area contributed by atoms with E-state index in [9.17, 15) is 4.79 Å². The Labute approximate surface area is 61.4 Å². The number of aliphatic carboxylic acids is 1. The van der Waals surface area contributed by atoms with E-state index >= 15 is 0 Å². The van der Waals surface area contributed by atoms with Crippen LogP contribution in [0.3, 0.4) is 0 Å². The quantitative estimate of drug-likeness (QED) is 0.585. The lowest BCUT2D eigenvalue weighted by atomic mass is 10.2. The van der Waals surface area contributed by atoms with Gasteiger partial charge in [0.25, 0.3) is 0 Å². The van der Waals surface area contributed by atoms with Crippen LogP contribution in [-0.2, 0) is 4.79 Å². The first-order valence-electron chi connectivity index (χ1n) is 3.05. The molecule has 1 N–H and O–H groups in total. The lowest BCUT2D eigenvalue weighted by Gasteiger charge is -2.06. The minimum atomic E-state index is -0.781. The summed E-state index contributed by atoms with van der Waals surface area (Å²) in [6.07, 6.45) is 4.28. The molecule has 0 saturated heterocycles. The number of hydrogen-bond donors (Lipinski definition) is 1. The Hall–Kier alpha value is -0.620. The van der Waals surface area contributed by atoms with Gasteiger partial charge in [-0.1, -0.05) is 26.0 Å². The van der Waals surface area contributed by atoms with Crippen LogP contribution in [0.1, 0.15) is 6.92 Å². The van der Waals surface area contributed by atoms with E-state index in [1.165, 1.54) is 5.31 Å². The standard InChI is InChI=1S/C7H9O2P/c1-5-2-3-6(4-10-5)7(8)9/h2-3,10H,4H2,1H3,(H,8,9). The highest BCUT2D eigenvalue weighted by molar-refractivity contribution is 7.43. The first-order valence-corrected chi connectivity index (χ1v) is 4.25. The number of rotatable bonds is 1. The zero-order valence-corrected chi connectivity index (χ0v) is 6.72. The fraction of sp³-hybridized carbons (Fsp3) is 0.286. The van der Waals surface area contributed by atoms with Crippen LogP contribution in [0.25, 0.3) is 0 Å². The molecule has 0 spiro atoms. The van der Waals surface area contributed by atoms with Crippen LogP contribution in [0.5, 0.6) is 0 Å². The van der Waals surface area contributed by atoms with Gasteiger partial charge in [-0.05, 0) is 6.92 Å². The Kier molecular flexibility index (Phi) is 2.23. The Balaban J connectivity index is 2.74. The Morgan fingerprint density at radius 2 is 2.40 bits per heavy atom. The second kappa shape index (κ2) is 2.98. The van der Waals surface area contributed by atoms with E-state index in [1.807, 2.05) is 13.0 Å². The van der Waals surface area contributed by atoms with Gasteiger partial charge in [0.15, 0.2) is 0 Å². The van der Waals surface area contributed by atoms with Crippen molar-refractivity contribution in [2.24, 2.45) is 0 Å². The maximum absolute atomic E-state index is 10.4. The van der Waals surface area contributed by atoms with Crippen molar-refractivity contribution in [2.45, 2.75) is 6.92 Å². The molecule has 10 heavy (non-hydrogen) atoms. The zero-order valence-electron chi connectivity index (χ0n) is 5.72. The Morgan fingerprint density at radius 1 is 1.70 bits per heavy atom. The van der Waals surface area contributed by atoms with E-state index < -0.39 is 5.97 Å². The lowest BCUT2D eigenvalue weighted by molar-refractivity contribution is -0.132. The van der Waals surface area contributed by atoms with Crippen molar-refractivity contribution in [1.29, 1.82) is 0 Å². The number of carboxylic acid groups (broad SMARTS) is 1. The van der Waals surface area contributed by atoms with E-state index in [0.29, 0.717) is 20.3 Å². The monoisotopic (exact) mass is 156 g/mol. The van der Waals surface area contributed by atoms with Crippen LogP contribution < -0.4 is 0 Å². The first-order chi connectivity index (χ1) is 4.70. The van der Waals surface area contributed by atoms with Gasteiger partial charge in [-0.15, -0.1) is 0 Å². The highest BCUT2D eigenvalue weighted by atomic mass is 31.1. The third kappa shape index (κ3) is 1.68. The van der Waals surface area contributed by atoms with Gasteiger partial charge in [-0.25, -0.2) is 4.79 Å². The number of allylic oxidation sites excluding steroid dienone is 3. The van der Waals surface area contributed by atoms with Gasteiger partial charge in [0.05, 0.1) is 0 Å². The van der Waals surface area contributed by atoms with Crippen LogP contribution in [0.4, 0.5) is 0 Å². The summed E-state index contributed by atoms with van der Waals surface area (Å²) in [4.78, 5) is 10.4. The molecular weight excluding hydrogens is 147 g/mol. The van der Waals surface area contributed by atoms with Crippen LogP contribution in [0.2, 0.25) is 0 Å². The minimum Gasteiger partial charge on any atom is -0.478 e. The van der Waals surface area contributed by atoms with Crippen LogP contribution in [-0.4, -0.2) is 17.2 Å². The van der Waals surface area contributed by atoms with E-state index in [0.717, 1.165) is 0 Å². The van der Waals surface area contributed by atoms with Crippen molar-refractivity contribution < 1.29 is 9.90 Å². The second-order valence-corrected chi connectivity index (χ2v) is 3.70. The van der Waals surface area contributed by atoms with Crippen molar-refractivity contribution in [2.75, 3.05) is 6.16 Å². The van der Waals surface area contributed by atoms with Crippen molar-refractivity contribution in [3.8, 4) is 0 Å². The highest BCUT2D eigenvalue weighted by Gasteiger charge is 2.08. The molecule has 0 radical (unpaired) electrons. The Morgan fingerprint density at radius 3 is 2.80 bits per heavy atom. The molecular formula is C7H9O2P. The third-order valence-electron chi connectivity index (χ3n) is 1.37. The summed E-state index contributed by atoms with van der Waals surface area (Å²) < 4.78 is 0. The fourth-order valence-corrected chi connectivity index (χ4v) is 1.66. The normalized spacial score (nSPS) is 20.1. The molecule has 2 nitrogen and oxygen atoms in total. The second-order valence-electron chi connectivity index (χ2n) is 2.20. The summed E-state index contributed by atoms with van der Waals surface area (Å²) in [5.74, 6) is -0.781. The summed E-state index contributed by atoms with van der Waals surface area (Å²) in [6.45, 7) is 2.02. The van der Waals surface area contributed by atoms with Gasteiger partial charge in [0, 0.05) is 11.7 Å². The molecule has 0 amide bonds. The first kappa shape index (κ1) is 7.49. The van der Waals surface area contributed by atoms with Crippen LogP contribution in [0, 0.1) is 0 Å². The van der Waals surface area contributed by atoms with Crippen molar-refractivity contribution >= 4 is 14.6 Å². The molecule has 1 atom stereocenters. The van der Waals surface area contributed by atoms with E-state index in [-0.39, 0.29) is 0 Å². The zero-order chi connectivity index (χ0) is 7.56. The number of carbonyl (C=O) groups is 1. The maximum atomic E-state index is 10.4. The molecule has 3 heteroatoms. The molecule has 1 aliphatic heterocycles. The van der Waals surface area contributed by atoms with Gasteiger partial charge in [0.2, 0.25) is 0 Å². The third-order valence-corrected chi connectivity index (χ3v) is 2.65. The van der Waals surface area contributed by atoms with Gasteiger partial charge in [-0.3, -0.25) is 0 Å². The van der Waals surface area contributed by atoms with Crippen LogP contribution in [0.15, 0.2) is 23.0 Å². The van der Waals surface area contributed by atoms with Crippen molar-refractivity contribution in [1.82, 2.24) is 0 Å². The SMILES string of the molecule is CC1=CC=C(C(=O)O)CP1. The molecule has 0 aromatic heterocycles.